The summed E-state index contributed by atoms with van der Waals surface area (Å²) in [5.74, 6) is -1.14. The molecule has 0 aliphatic carbocycles. The highest BCUT2D eigenvalue weighted by Crippen LogP contribution is 2.32. The van der Waals surface area contributed by atoms with Crippen molar-refractivity contribution in [3.8, 4) is 0 Å². The molecule has 6 heteroatoms. The number of hydrogen-bond acceptors (Lipinski definition) is 4. The average Bonchev–Trinajstić information content (AvgIpc) is 2.72. The van der Waals surface area contributed by atoms with Gasteiger partial charge in [-0.3, -0.25) is 4.79 Å². The van der Waals surface area contributed by atoms with E-state index in [0.29, 0.717) is 23.3 Å². The van der Waals surface area contributed by atoms with E-state index < -0.39 is 5.97 Å². The summed E-state index contributed by atoms with van der Waals surface area (Å²) < 4.78 is 0. The summed E-state index contributed by atoms with van der Waals surface area (Å²) >= 11 is 0. The second kappa shape index (κ2) is 8.56. The van der Waals surface area contributed by atoms with Crippen LogP contribution in [0.1, 0.15) is 50.5 Å². The van der Waals surface area contributed by atoms with Crippen LogP contribution in [-0.4, -0.2) is 27.0 Å². The number of carboxylic acid groups (broad SMARTS) is 1. The van der Waals surface area contributed by atoms with Gasteiger partial charge in [0.1, 0.15) is 0 Å². The van der Waals surface area contributed by atoms with Gasteiger partial charge in [0.15, 0.2) is 0 Å². The summed E-state index contributed by atoms with van der Waals surface area (Å²) in [7, 11) is 0. The summed E-state index contributed by atoms with van der Waals surface area (Å²) in [6.45, 7) is 3.70. The Morgan fingerprint density at radius 2 is 1.72 bits per heavy atom. The first-order valence-corrected chi connectivity index (χ1v) is 9.20. The van der Waals surface area contributed by atoms with Crippen LogP contribution in [0.5, 0.6) is 0 Å². The van der Waals surface area contributed by atoms with E-state index in [0.717, 1.165) is 16.7 Å². The number of aromatic nitrogens is 1. The Hall–Kier alpha value is -3.67. The van der Waals surface area contributed by atoms with E-state index in [1.54, 1.807) is 37.3 Å². The van der Waals surface area contributed by atoms with Gasteiger partial charge in [-0.15, -0.1) is 0 Å². The van der Waals surface area contributed by atoms with Crippen molar-refractivity contribution in [1.82, 2.24) is 4.98 Å². The first kappa shape index (κ1) is 20.1. The quantitative estimate of drug-likeness (QED) is 0.335. The maximum absolute atomic E-state index is 11.7. The molecule has 29 heavy (non-hydrogen) atoms. The van der Waals surface area contributed by atoms with E-state index in [2.05, 4.69) is 10.1 Å². The number of hydrogen-bond donors (Lipinski definition) is 3. The average molecular weight is 390 g/mol. The third-order valence-electron chi connectivity index (χ3n) is 5.06. The molecule has 148 valence electrons. The standard InChI is InChI=1S/C23H22N2O4/c1-14-5-3-4-6-19(14)20(16-7-9-17(10-8-16)23(27)28)12-21(25-29)18-11-15(2)22(26)24-13-18/h3-11,13,20,29H,12H2,1-2H3,(H,24,26)(H,27,28)/b25-21+. The number of aryl methyl sites for hydroxylation is 2. The molecule has 0 bridgehead atoms. The molecule has 0 saturated heterocycles. The molecule has 2 aromatic carbocycles. The third-order valence-corrected chi connectivity index (χ3v) is 5.06. The van der Waals surface area contributed by atoms with Crippen LogP contribution in [0.4, 0.5) is 0 Å². The first-order chi connectivity index (χ1) is 13.9. The second-order valence-electron chi connectivity index (χ2n) is 6.99. The smallest absolute Gasteiger partial charge is 0.335 e. The van der Waals surface area contributed by atoms with Gasteiger partial charge in [0, 0.05) is 29.7 Å². The lowest BCUT2D eigenvalue weighted by Crippen LogP contribution is -2.15. The molecule has 1 unspecified atom stereocenters. The highest BCUT2D eigenvalue weighted by Gasteiger charge is 2.21. The summed E-state index contributed by atoms with van der Waals surface area (Å²) in [5, 5.41) is 22.4. The molecular weight excluding hydrogens is 368 g/mol. The van der Waals surface area contributed by atoms with Crippen LogP contribution in [0, 0.1) is 13.8 Å². The van der Waals surface area contributed by atoms with Gasteiger partial charge in [-0.25, -0.2) is 4.79 Å². The topological polar surface area (TPSA) is 103 Å². The largest absolute Gasteiger partial charge is 0.478 e. The van der Waals surface area contributed by atoms with Gasteiger partial charge in [-0.2, -0.15) is 0 Å². The Morgan fingerprint density at radius 1 is 1.03 bits per heavy atom. The van der Waals surface area contributed by atoms with Gasteiger partial charge < -0.3 is 15.3 Å². The number of pyridine rings is 1. The van der Waals surface area contributed by atoms with Gasteiger partial charge >= 0.3 is 5.97 Å². The number of H-pyrrole nitrogens is 1. The molecular formula is C23H22N2O4. The molecule has 3 aromatic rings. The van der Waals surface area contributed by atoms with E-state index in [9.17, 15) is 19.9 Å². The lowest BCUT2D eigenvalue weighted by Gasteiger charge is -2.21. The van der Waals surface area contributed by atoms with E-state index >= 15 is 0 Å². The predicted octanol–water partition coefficient (Wildman–Crippen LogP) is 4.09. The summed E-state index contributed by atoms with van der Waals surface area (Å²) in [5.41, 5.74) is 4.65. The molecule has 0 amide bonds. The van der Waals surface area contributed by atoms with Crippen molar-refractivity contribution in [3.05, 3.63) is 105 Å². The summed E-state index contributed by atoms with van der Waals surface area (Å²) in [6, 6.07) is 16.3. The van der Waals surface area contributed by atoms with Crippen LogP contribution >= 0.6 is 0 Å². The van der Waals surface area contributed by atoms with Crippen LogP contribution in [0.15, 0.2) is 70.7 Å². The zero-order valence-corrected chi connectivity index (χ0v) is 16.2. The summed E-state index contributed by atoms with van der Waals surface area (Å²) in [4.78, 5) is 25.5. The predicted molar refractivity (Wildman–Crippen MR) is 111 cm³/mol. The minimum Gasteiger partial charge on any atom is -0.478 e. The zero-order valence-electron chi connectivity index (χ0n) is 16.2. The maximum Gasteiger partial charge on any atom is 0.335 e. The number of rotatable bonds is 6. The van der Waals surface area contributed by atoms with Crippen LogP contribution in [-0.2, 0) is 0 Å². The van der Waals surface area contributed by atoms with Crippen LogP contribution in [0.25, 0.3) is 0 Å². The van der Waals surface area contributed by atoms with Crippen molar-refractivity contribution in [1.29, 1.82) is 0 Å². The Balaban J connectivity index is 2.05. The molecule has 0 saturated carbocycles. The number of benzene rings is 2. The number of carboxylic acids is 1. The number of aromatic carboxylic acids is 1. The lowest BCUT2D eigenvalue weighted by molar-refractivity contribution is 0.0697. The highest BCUT2D eigenvalue weighted by molar-refractivity contribution is 6.00. The lowest BCUT2D eigenvalue weighted by atomic mass is 9.83. The fourth-order valence-electron chi connectivity index (χ4n) is 3.42. The van der Waals surface area contributed by atoms with Crippen molar-refractivity contribution in [2.75, 3.05) is 0 Å². The van der Waals surface area contributed by atoms with Crippen molar-refractivity contribution in [2.45, 2.75) is 26.2 Å². The summed E-state index contributed by atoms with van der Waals surface area (Å²) in [6.07, 6.45) is 1.91. The van der Waals surface area contributed by atoms with Crippen molar-refractivity contribution < 1.29 is 15.1 Å². The molecule has 0 aliphatic heterocycles. The number of aromatic amines is 1. The fourth-order valence-corrected chi connectivity index (χ4v) is 3.42. The Labute approximate surface area is 168 Å². The zero-order chi connectivity index (χ0) is 21.0. The SMILES string of the molecule is Cc1ccccc1C(C/C(=N\O)c1c[nH]c(=O)c(C)c1)c1ccc(C(=O)O)cc1. The monoisotopic (exact) mass is 390 g/mol. The molecule has 0 spiro atoms. The minimum atomic E-state index is -0.981. The highest BCUT2D eigenvalue weighted by atomic mass is 16.4. The van der Waals surface area contributed by atoms with Crippen molar-refractivity contribution in [3.63, 3.8) is 0 Å². The maximum atomic E-state index is 11.7. The van der Waals surface area contributed by atoms with E-state index in [1.807, 2.05) is 31.2 Å². The minimum absolute atomic E-state index is 0.155. The van der Waals surface area contributed by atoms with Gasteiger partial charge in [-0.1, -0.05) is 41.6 Å². The third kappa shape index (κ3) is 4.43. The molecule has 3 rings (SSSR count). The van der Waals surface area contributed by atoms with Gasteiger partial charge in [0.05, 0.1) is 11.3 Å². The van der Waals surface area contributed by atoms with E-state index in [1.165, 1.54) is 6.20 Å². The number of carbonyl (C=O) groups is 1. The van der Waals surface area contributed by atoms with E-state index in [4.69, 9.17) is 0 Å². The number of oxime groups is 1. The molecule has 6 nitrogen and oxygen atoms in total. The van der Waals surface area contributed by atoms with Crippen LogP contribution < -0.4 is 5.56 Å². The van der Waals surface area contributed by atoms with Gasteiger partial charge in [-0.05, 0) is 48.7 Å². The molecule has 3 N–H and O–H groups in total. The Bertz CT molecular complexity index is 1110. The normalized spacial score (nSPS) is 12.6. The molecule has 0 aliphatic rings. The molecule has 0 radical (unpaired) electrons. The van der Waals surface area contributed by atoms with Crippen molar-refractivity contribution in [2.24, 2.45) is 5.16 Å². The molecule has 1 heterocycles. The second-order valence-corrected chi connectivity index (χ2v) is 6.99. The van der Waals surface area contributed by atoms with Crippen LogP contribution in [0.3, 0.4) is 0 Å². The van der Waals surface area contributed by atoms with Gasteiger partial charge in [0.25, 0.3) is 5.56 Å². The fraction of sp³-hybridized carbons (Fsp3) is 0.174. The van der Waals surface area contributed by atoms with Crippen LogP contribution in [0.2, 0.25) is 0 Å². The molecule has 1 aromatic heterocycles. The van der Waals surface area contributed by atoms with E-state index in [-0.39, 0.29) is 17.0 Å². The first-order valence-electron chi connectivity index (χ1n) is 9.20. The molecule has 0 fully saturated rings. The van der Waals surface area contributed by atoms with Crippen molar-refractivity contribution >= 4 is 11.7 Å². The Morgan fingerprint density at radius 3 is 2.31 bits per heavy atom. The molecule has 1 atom stereocenters. The van der Waals surface area contributed by atoms with Gasteiger partial charge in [0.2, 0.25) is 0 Å². The number of nitrogens with one attached hydrogen (secondary N) is 1. The number of nitrogens with zero attached hydrogens (tertiary/aromatic N) is 1. The Kier molecular flexibility index (Phi) is 5.93.